The molecule has 132 valence electrons. The number of hydrogen-bond acceptors (Lipinski definition) is 4. The van der Waals surface area contributed by atoms with Gasteiger partial charge >= 0.3 is 0 Å². The molecule has 1 unspecified atom stereocenters. The largest absolute Gasteiger partial charge is 0.382 e. The number of nitrogens with zero attached hydrogens (tertiary/aromatic N) is 2. The maximum atomic E-state index is 3.67. The Morgan fingerprint density at radius 2 is 1.61 bits per heavy atom. The Morgan fingerprint density at radius 3 is 2.17 bits per heavy atom. The zero-order valence-corrected chi connectivity index (χ0v) is 15.9. The summed E-state index contributed by atoms with van der Waals surface area (Å²) in [6.45, 7) is 19.6. The molecule has 0 bridgehead atoms. The summed E-state index contributed by atoms with van der Waals surface area (Å²) >= 11 is 0. The third-order valence-corrected chi connectivity index (χ3v) is 4.54. The van der Waals surface area contributed by atoms with E-state index in [2.05, 4.69) is 80.2 Å². The van der Waals surface area contributed by atoms with Crippen molar-refractivity contribution >= 4 is 11.4 Å². The predicted molar refractivity (Wildman–Crippen MR) is 103 cm³/mol. The van der Waals surface area contributed by atoms with Crippen molar-refractivity contribution in [1.82, 2.24) is 9.80 Å². The summed E-state index contributed by atoms with van der Waals surface area (Å²) in [6.07, 6.45) is 0.329. The van der Waals surface area contributed by atoms with Gasteiger partial charge in [0, 0.05) is 13.1 Å². The van der Waals surface area contributed by atoms with Crippen molar-refractivity contribution in [1.29, 1.82) is 0 Å². The van der Waals surface area contributed by atoms with Crippen LogP contribution in [0, 0.1) is 6.92 Å². The number of hydrogen-bond donors (Lipinski definition) is 2. The van der Waals surface area contributed by atoms with Crippen LogP contribution in [0.5, 0.6) is 0 Å². The van der Waals surface area contributed by atoms with E-state index < -0.39 is 0 Å². The van der Waals surface area contributed by atoms with Gasteiger partial charge in [-0.1, -0.05) is 33.8 Å². The summed E-state index contributed by atoms with van der Waals surface area (Å²) in [5.41, 5.74) is 3.68. The van der Waals surface area contributed by atoms with Crippen LogP contribution in [-0.2, 0) is 0 Å². The second kappa shape index (κ2) is 10.5. The molecular weight excluding hydrogens is 284 g/mol. The lowest BCUT2D eigenvalue weighted by molar-refractivity contribution is 0.253. The summed E-state index contributed by atoms with van der Waals surface area (Å²) in [7, 11) is 0. The molecule has 0 fully saturated rings. The maximum Gasteiger partial charge on any atom is 0.0764 e. The highest BCUT2D eigenvalue weighted by Gasteiger charge is 2.12. The highest BCUT2D eigenvalue weighted by Crippen LogP contribution is 2.24. The van der Waals surface area contributed by atoms with Crippen molar-refractivity contribution in [3.05, 3.63) is 23.8 Å². The zero-order chi connectivity index (χ0) is 17.2. The minimum absolute atomic E-state index is 0.329. The van der Waals surface area contributed by atoms with Crippen LogP contribution in [0.1, 0.15) is 40.2 Å². The Hall–Kier alpha value is -1.26. The van der Waals surface area contributed by atoms with E-state index in [0.717, 1.165) is 39.3 Å². The van der Waals surface area contributed by atoms with Crippen LogP contribution in [0.4, 0.5) is 11.4 Å². The second-order valence-corrected chi connectivity index (χ2v) is 6.04. The number of nitrogens with one attached hydrogen (secondary N) is 2. The normalized spacial score (nSPS) is 12.7. The van der Waals surface area contributed by atoms with E-state index in [1.165, 1.54) is 16.9 Å². The molecule has 0 saturated heterocycles. The molecule has 0 heterocycles. The second-order valence-electron chi connectivity index (χ2n) is 6.04. The van der Waals surface area contributed by atoms with Gasteiger partial charge in [-0.25, -0.2) is 0 Å². The van der Waals surface area contributed by atoms with Gasteiger partial charge in [0.05, 0.1) is 17.5 Å². The van der Waals surface area contributed by atoms with Gasteiger partial charge in [-0.3, -0.25) is 4.90 Å². The Morgan fingerprint density at radius 1 is 0.957 bits per heavy atom. The molecule has 23 heavy (non-hydrogen) atoms. The SMILES string of the molecule is CCN(CC)CCNc1ccc(C)cc1NC(C)N(CC)CC. The van der Waals surface area contributed by atoms with E-state index in [1.807, 2.05) is 0 Å². The summed E-state index contributed by atoms with van der Waals surface area (Å²) in [5, 5.41) is 7.27. The lowest BCUT2D eigenvalue weighted by Gasteiger charge is -2.29. The molecule has 2 N–H and O–H groups in total. The molecule has 0 amide bonds. The van der Waals surface area contributed by atoms with Gasteiger partial charge in [0.1, 0.15) is 0 Å². The topological polar surface area (TPSA) is 30.5 Å². The van der Waals surface area contributed by atoms with E-state index in [0.29, 0.717) is 6.17 Å². The van der Waals surface area contributed by atoms with Crippen LogP contribution >= 0.6 is 0 Å². The van der Waals surface area contributed by atoms with Gasteiger partial charge in [-0.05, 0) is 57.7 Å². The number of aryl methyl sites for hydroxylation is 1. The smallest absolute Gasteiger partial charge is 0.0764 e. The minimum Gasteiger partial charge on any atom is -0.382 e. The van der Waals surface area contributed by atoms with Crippen LogP contribution in [0.15, 0.2) is 18.2 Å². The van der Waals surface area contributed by atoms with Gasteiger partial charge in [0.25, 0.3) is 0 Å². The Labute approximate surface area is 143 Å². The first-order valence-electron chi connectivity index (χ1n) is 9.13. The fraction of sp³-hybridized carbons (Fsp3) is 0.684. The standard InChI is InChI=1S/C19H36N4/c1-7-22(8-2)14-13-20-18-12-11-16(5)15-19(18)21-17(6)23(9-3)10-4/h11-12,15,17,20-21H,7-10,13-14H2,1-6H3. The number of anilines is 2. The highest BCUT2D eigenvalue weighted by molar-refractivity contribution is 5.70. The quantitative estimate of drug-likeness (QED) is 0.606. The van der Waals surface area contributed by atoms with Gasteiger partial charge < -0.3 is 15.5 Å². The minimum atomic E-state index is 0.329. The summed E-state index contributed by atoms with van der Waals surface area (Å²) in [6, 6.07) is 6.60. The molecule has 0 saturated carbocycles. The Bertz CT molecular complexity index is 439. The first kappa shape index (κ1) is 19.8. The fourth-order valence-corrected chi connectivity index (χ4v) is 2.91. The predicted octanol–water partition coefficient (Wildman–Crippen LogP) is 3.85. The van der Waals surface area contributed by atoms with Gasteiger partial charge in [-0.2, -0.15) is 0 Å². The molecule has 1 aromatic carbocycles. The third kappa shape index (κ3) is 6.40. The van der Waals surface area contributed by atoms with Crippen molar-refractivity contribution in [3.63, 3.8) is 0 Å². The third-order valence-electron chi connectivity index (χ3n) is 4.54. The van der Waals surface area contributed by atoms with Crippen molar-refractivity contribution in [2.45, 2.75) is 47.7 Å². The average Bonchev–Trinajstić information content (AvgIpc) is 2.54. The number of benzene rings is 1. The first-order chi connectivity index (χ1) is 11.0. The maximum absolute atomic E-state index is 3.67. The molecular formula is C19H36N4. The van der Waals surface area contributed by atoms with Crippen molar-refractivity contribution in [2.75, 3.05) is 49.9 Å². The molecule has 0 aliphatic rings. The molecule has 1 atom stereocenters. The summed E-state index contributed by atoms with van der Waals surface area (Å²) in [4.78, 5) is 4.86. The average molecular weight is 321 g/mol. The van der Waals surface area contributed by atoms with Crippen LogP contribution < -0.4 is 10.6 Å². The number of rotatable bonds is 11. The van der Waals surface area contributed by atoms with Gasteiger partial charge in [0.2, 0.25) is 0 Å². The lowest BCUT2D eigenvalue weighted by atomic mass is 10.2. The molecule has 0 spiro atoms. The first-order valence-corrected chi connectivity index (χ1v) is 9.13. The fourth-order valence-electron chi connectivity index (χ4n) is 2.91. The molecule has 0 aromatic heterocycles. The van der Waals surface area contributed by atoms with Crippen LogP contribution in [0.2, 0.25) is 0 Å². The van der Waals surface area contributed by atoms with Crippen LogP contribution in [0.25, 0.3) is 0 Å². The molecule has 0 aliphatic carbocycles. The molecule has 4 nitrogen and oxygen atoms in total. The summed E-state index contributed by atoms with van der Waals surface area (Å²) in [5.74, 6) is 0. The van der Waals surface area contributed by atoms with E-state index in [1.54, 1.807) is 0 Å². The van der Waals surface area contributed by atoms with Gasteiger partial charge in [-0.15, -0.1) is 0 Å². The van der Waals surface area contributed by atoms with E-state index in [4.69, 9.17) is 0 Å². The number of likely N-dealkylation sites (N-methyl/N-ethyl adjacent to an activating group) is 1. The van der Waals surface area contributed by atoms with Crippen LogP contribution in [-0.4, -0.2) is 55.2 Å². The molecule has 0 aliphatic heterocycles. The van der Waals surface area contributed by atoms with E-state index in [9.17, 15) is 0 Å². The van der Waals surface area contributed by atoms with Crippen molar-refractivity contribution in [3.8, 4) is 0 Å². The van der Waals surface area contributed by atoms with Gasteiger partial charge in [0.15, 0.2) is 0 Å². The molecule has 0 radical (unpaired) electrons. The summed E-state index contributed by atoms with van der Waals surface area (Å²) < 4.78 is 0. The molecule has 1 aromatic rings. The monoisotopic (exact) mass is 320 g/mol. The zero-order valence-electron chi connectivity index (χ0n) is 15.9. The Kier molecular flexibility index (Phi) is 9.03. The highest BCUT2D eigenvalue weighted by atomic mass is 15.3. The van der Waals surface area contributed by atoms with E-state index in [-0.39, 0.29) is 0 Å². The Balaban J connectivity index is 2.72. The van der Waals surface area contributed by atoms with Crippen molar-refractivity contribution in [2.24, 2.45) is 0 Å². The lowest BCUT2D eigenvalue weighted by Crippen LogP contribution is -2.38. The molecule has 4 heteroatoms. The van der Waals surface area contributed by atoms with E-state index >= 15 is 0 Å². The van der Waals surface area contributed by atoms with Crippen LogP contribution in [0.3, 0.4) is 0 Å². The molecule has 1 rings (SSSR count). The van der Waals surface area contributed by atoms with Crippen molar-refractivity contribution < 1.29 is 0 Å².